The molecule has 1 heterocycles. The first-order valence-corrected chi connectivity index (χ1v) is 5.32. The Morgan fingerprint density at radius 3 is 2.75 bits per heavy atom. The van der Waals surface area contributed by atoms with E-state index < -0.39 is 0 Å². The second-order valence-corrected chi connectivity index (χ2v) is 3.79. The van der Waals surface area contributed by atoms with Crippen LogP contribution in [0.1, 0.15) is 11.1 Å². The van der Waals surface area contributed by atoms with Crippen molar-refractivity contribution in [3.05, 3.63) is 41.6 Å². The van der Waals surface area contributed by atoms with Crippen molar-refractivity contribution in [2.75, 3.05) is 12.3 Å². The first-order valence-electron chi connectivity index (χ1n) is 5.32. The summed E-state index contributed by atoms with van der Waals surface area (Å²) in [6.07, 6.45) is 2.55. The van der Waals surface area contributed by atoms with Crippen LogP contribution in [-0.4, -0.2) is 16.3 Å². The zero-order valence-corrected chi connectivity index (χ0v) is 9.35. The Hall–Kier alpha value is -1.81. The highest BCUT2D eigenvalue weighted by Gasteiger charge is 2.09. The largest absolute Gasteiger partial charge is 0.383 e. The van der Waals surface area contributed by atoms with Crippen LogP contribution in [0.25, 0.3) is 5.69 Å². The van der Waals surface area contributed by atoms with Crippen molar-refractivity contribution in [2.45, 2.75) is 13.3 Å². The molecular weight excluding hydrogens is 200 g/mol. The SMILES string of the molecule is Cc1ccccc1-n1ncc(CCN)c1N. The van der Waals surface area contributed by atoms with Crippen molar-refractivity contribution < 1.29 is 0 Å². The number of aromatic nitrogens is 2. The molecule has 4 nitrogen and oxygen atoms in total. The predicted molar refractivity (Wildman–Crippen MR) is 65.5 cm³/mol. The van der Waals surface area contributed by atoms with Gasteiger partial charge >= 0.3 is 0 Å². The summed E-state index contributed by atoms with van der Waals surface area (Å²) >= 11 is 0. The summed E-state index contributed by atoms with van der Waals surface area (Å²) in [6.45, 7) is 2.63. The molecule has 0 spiro atoms. The molecule has 1 aromatic carbocycles. The van der Waals surface area contributed by atoms with Crippen molar-refractivity contribution in [1.82, 2.24) is 9.78 Å². The number of anilines is 1. The van der Waals surface area contributed by atoms with Crippen LogP contribution in [0, 0.1) is 6.92 Å². The molecule has 0 amide bonds. The molecule has 2 rings (SSSR count). The smallest absolute Gasteiger partial charge is 0.130 e. The highest BCUT2D eigenvalue weighted by atomic mass is 15.3. The van der Waals surface area contributed by atoms with Gasteiger partial charge in [-0.15, -0.1) is 0 Å². The second kappa shape index (κ2) is 4.37. The lowest BCUT2D eigenvalue weighted by molar-refractivity contribution is 0.882. The number of benzene rings is 1. The highest BCUT2D eigenvalue weighted by molar-refractivity contribution is 5.50. The van der Waals surface area contributed by atoms with Gasteiger partial charge in [0.05, 0.1) is 11.9 Å². The van der Waals surface area contributed by atoms with Gasteiger partial charge in [-0.25, -0.2) is 4.68 Å². The molecule has 4 heteroatoms. The van der Waals surface area contributed by atoms with Crippen LogP contribution in [-0.2, 0) is 6.42 Å². The molecule has 84 valence electrons. The lowest BCUT2D eigenvalue weighted by Crippen LogP contribution is -2.07. The van der Waals surface area contributed by atoms with Crippen molar-refractivity contribution >= 4 is 5.82 Å². The molecule has 4 N–H and O–H groups in total. The van der Waals surface area contributed by atoms with Gasteiger partial charge in [0.25, 0.3) is 0 Å². The van der Waals surface area contributed by atoms with Gasteiger partial charge < -0.3 is 11.5 Å². The summed E-state index contributed by atoms with van der Waals surface area (Å²) in [5.74, 6) is 0.680. The lowest BCUT2D eigenvalue weighted by atomic mass is 10.2. The zero-order chi connectivity index (χ0) is 11.5. The Labute approximate surface area is 94.9 Å². The molecule has 0 aliphatic heterocycles. The summed E-state index contributed by atoms with van der Waals surface area (Å²) in [5, 5.41) is 4.30. The van der Waals surface area contributed by atoms with E-state index >= 15 is 0 Å². The van der Waals surface area contributed by atoms with E-state index in [2.05, 4.69) is 5.10 Å². The van der Waals surface area contributed by atoms with Crippen LogP contribution >= 0.6 is 0 Å². The minimum absolute atomic E-state index is 0.587. The number of rotatable bonds is 3. The highest BCUT2D eigenvalue weighted by Crippen LogP contribution is 2.19. The van der Waals surface area contributed by atoms with Crippen LogP contribution in [0.15, 0.2) is 30.5 Å². The lowest BCUT2D eigenvalue weighted by Gasteiger charge is -2.07. The standard InChI is InChI=1S/C12H16N4/c1-9-4-2-3-5-11(9)16-12(14)10(6-7-13)8-15-16/h2-5,8H,6-7,13-14H2,1H3. The van der Waals surface area contributed by atoms with E-state index in [-0.39, 0.29) is 0 Å². The van der Waals surface area contributed by atoms with E-state index in [1.54, 1.807) is 10.9 Å². The minimum Gasteiger partial charge on any atom is -0.383 e. The third kappa shape index (κ3) is 1.79. The van der Waals surface area contributed by atoms with Crippen molar-refractivity contribution in [3.63, 3.8) is 0 Å². The summed E-state index contributed by atoms with van der Waals surface area (Å²) in [5.41, 5.74) is 14.7. The van der Waals surface area contributed by atoms with Gasteiger partial charge in [-0.2, -0.15) is 5.10 Å². The van der Waals surface area contributed by atoms with Gasteiger partial charge in [-0.3, -0.25) is 0 Å². The number of para-hydroxylation sites is 1. The van der Waals surface area contributed by atoms with Crippen LogP contribution in [0.2, 0.25) is 0 Å². The molecule has 16 heavy (non-hydrogen) atoms. The Balaban J connectivity index is 2.45. The van der Waals surface area contributed by atoms with Gasteiger partial charge in [0, 0.05) is 5.56 Å². The van der Waals surface area contributed by atoms with Crippen LogP contribution < -0.4 is 11.5 Å². The Kier molecular flexibility index (Phi) is 2.92. The fourth-order valence-electron chi connectivity index (χ4n) is 1.73. The molecule has 0 fully saturated rings. The van der Waals surface area contributed by atoms with Crippen molar-refractivity contribution in [2.24, 2.45) is 5.73 Å². The fourth-order valence-corrected chi connectivity index (χ4v) is 1.73. The van der Waals surface area contributed by atoms with E-state index in [0.717, 1.165) is 23.2 Å². The van der Waals surface area contributed by atoms with Gasteiger partial charge in [-0.05, 0) is 31.5 Å². The van der Waals surface area contributed by atoms with E-state index in [4.69, 9.17) is 11.5 Å². The Morgan fingerprint density at radius 1 is 1.31 bits per heavy atom. The summed E-state index contributed by atoms with van der Waals surface area (Å²) in [4.78, 5) is 0. The first kappa shape index (κ1) is 10.7. The average molecular weight is 216 g/mol. The van der Waals surface area contributed by atoms with E-state index in [1.165, 1.54) is 0 Å². The molecule has 0 aliphatic rings. The summed E-state index contributed by atoms with van der Waals surface area (Å²) < 4.78 is 1.76. The number of nitrogens with zero attached hydrogens (tertiary/aromatic N) is 2. The van der Waals surface area contributed by atoms with E-state index in [1.807, 2.05) is 31.2 Å². The number of aryl methyl sites for hydroxylation is 1. The molecule has 0 saturated carbocycles. The molecule has 0 radical (unpaired) electrons. The minimum atomic E-state index is 0.587. The van der Waals surface area contributed by atoms with E-state index in [9.17, 15) is 0 Å². The van der Waals surface area contributed by atoms with Crippen molar-refractivity contribution in [1.29, 1.82) is 0 Å². The third-order valence-corrected chi connectivity index (χ3v) is 2.64. The normalized spacial score (nSPS) is 10.6. The molecule has 0 aliphatic carbocycles. The number of hydrogen-bond acceptors (Lipinski definition) is 3. The molecular formula is C12H16N4. The average Bonchev–Trinajstić information content (AvgIpc) is 2.62. The van der Waals surface area contributed by atoms with Gasteiger partial charge in [0.1, 0.15) is 5.82 Å². The van der Waals surface area contributed by atoms with Gasteiger partial charge in [0.15, 0.2) is 0 Å². The number of hydrogen-bond donors (Lipinski definition) is 2. The first-order chi connectivity index (χ1) is 7.74. The maximum atomic E-state index is 6.04. The van der Waals surface area contributed by atoms with Crippen LogP contribution in [0.4, 0.5) is 5.82 Å². The van der Waals surface area contributed by atoms with E-state index in [0.29, 0.717) is 12.4 Å². The van der Waals surface area contributed by atoms with Gasteiger partial charge in [-0.1, -0.05) is 18.2 Å². The molecule has 0 saturated heterocycles. The summed E-state index contributed by atoms with van der Waals surface area (Å²) in [7, 11) is 0. The zero-order valence-electron chi connectivity index (χ0n) is 9.35. The second-order valence-electron chi connectivity index (χ2n) is 3.79. The monoisotopic (exact) mass is 216 g/mol. The summed E-state index contributed by atoms with van der Waals surface area (Å²) in [6, 6.07) is 8.02. The van der Waals surface area contributed by atoms with Crippen LogP contribution in [0.3, 0.4) is 0 Å². The molecule has 0 atom stereocenters. The van der Waals surface area contributed by atoms with Crippen LogP contribution in [0.5, 0.6) is 0 Å². The number of nitrogens with two attached hydrogens (primary N) is 2. The molecule has 0 bridgehead atoms. The van der Waals surface area contributed by atoms with Gasteiger partial charge in [0.2, 0.25) is 0 Å². The maximum absolute atomic E-state index is 6.04. The third-order valence-electron chi connectivity index (χ3n) is 2.64. The quantitative estimate of drug-likeness (QED) is 0.811. The maximum Gasteiger partial charge on any atom is 0.130 e. The Morgan fingerprint density at radius 2 is 2.06 bits per heavy atom. The molecule has 0 unspecified atom stereocenters. The molecule has 1 aromatic heterocycles. The fraction of sp³-hybridized carbons (Fsp3) is 0.250. The molecule has 2 aromatic rings. The topological polar surface area (TPSA) is 69.9 Å². The predicted octanol–water partition coefficient (Wildman–Crippen LogP) is 1.26. The number of nitrogen functional groups attached to an aromatic ring is 1. The van der Waals surface area contributed by atoms with Crippen molar-refractivity contribution in [3.8, 4) is 5.69 Å². The Bertz CT molecular complexity index is 488.